The number of benzene rings is 2. The standard InChI is InChI=1S/C20H17ClN2O4S/c1-11-3-5-15(12(2)7-11)22-20-23-19(26)17(28-20)9-13-4-6-16(14(21)8-13)27-10-18(24)25/h3-9H,10H2,1-2H3,(H,24,25)(H,22,23,26)/b17-9-. The van der Waals surface area contributed by atoms with Crippen LogP contribution in [-0.2, 0) is 9.59 Å². The van der Waals surface area contributed by atoms with Gasteiger partial charge in [0.25, 0.3) is 5.91 Å². The van der Waals surface area contributed by atoms with Crippen molar-refractivity contribution in [1.29, 1.82) is 0 Å². The first-order valence-electron chi connectivity index (χ1n) is 8.33. The van der Waals surface area contributed by atoms with Gasteiger partial charge in [-0.2, -0.15) is 0 Å². The fourth-order valence-electron chi connectivity index (χ4n) is 2.54. The zero-order chi connectivity index (χ0) is 20.3. The first-order chi connectivity index (χ1) is 13.3. The molecule has 6 nitrogen and oxygen atoms in total. The number of aryl methyl sites for hydroxylation is 2. The quantitative estimate of drug-likeness (QED) is 0.709. The Morgan fingerprint density at radius 2 is 2.07 bits per heavy atom. The van der Waals surface area contributed by atoms with Gasteiger partial charge in [0.15, 0.2) is 11.8 Å². The van der Waals surface area contributed by atoms with Crippen molar-refractivity contribution in [2.24, 2.45) is 4.99 Å². The molecule has 0 bridgehead atoms. The molecule has 1 aliphatic heterocycles. The molecule has 0 atom stereocenters. The zero-order valence-electron chi connectivity index (χ0n) is 15.2. The molecule has 28 heavy (non-hydrogen) atoms. The fraction of sp³-hybridized carbons (Fsp3) is 0.150. The van der Waals surface area contributed by atoms with Gasteiger partial charge in [0.05, 0.1) is 15.6 Å². The zero-order valence-corrected chi connectivity index (χ0v) is 16.7. The van der Waals surface area contributed by atoms with Gasteiger partial charge in [0, 0.05) is 0 Å². The van der Waals surface area contributed by atoms with Crippen LogP contribution in [0.4, 0.5) is 5.69 Å². The summed E-state index contributed by atoms with van der Waals surface area (Å²) in [7, 11) is 0. The first-order valence-corrected chi connectivity index (χ1v) is 9.52. The summed E-state index contributed by atoms with van der Waals surface area (Å²) in [5.74, 6) is -1.06. The number of ether oxygens (including phenoxy) is 1. The average Bonchev–Trinajstić information content (AvgIpc) is 2.96. The minimum atomic E-state index is -1.09. The van der Waals surface area contributed by atoms with E-state index in [4.69, 9.17) is 21.4 Å². The van der Waals surface area contributed by atoms with Crippen LogP contribution in [0.1, 0.15) is 16.7 Å². The van der Waals surface area contributed by atoms with E-state index in [0.717, 1.165) is 16.8 Å². The number of amides is 1. The molecule has 0 saturated carbocycles. The first kappa shape index (κ1) is 20.0. The molecular weight excluding hydrogens is 400 g/mol. The average molecular weight is 417 g/mol. The molecule has 2 aromatic rings. The van der Waals surface area contributed by atoms with Gasteiger partial charge in [-0.1, -0.05) is 35.4 Å². The highest BCUT2D eigenvalue weighted by atomic mass is 35.5. The normalized spacial score (nSPS) is 16.5. The number of thioether (sulfide) groups is 1. The third-order valence-corrected chi connectivity index (χ3v) is 5.04. The lowest BCUT2D eigenvalue weighted by Crippen LogP contribution is -2.19. The maximum Gasteiger partial charge on any atom is 0.341 e. The number of aliphatic imine (C=N–C) groups is 1. The second-order valence-electron chi connectivity index (χ2n) is 6.14. The molecule has 0 aliphatic carbocycles. The predicted molar refractivity (Wildman–Crippen MR) is 111 cm³/mol. The minimum absolute atomic E-state index is 0.240. The SMILES string of the molecule is Cc1ccc(N=C2NC(=O)/C(=C/c3ccc(OCC(=O)O)c(Cl)c3)S2)c(C)c1. The number of hydrogen-bond donors (Lipinski definition) is 2. The van der Waals surface area contributed by atoms with Crippen LogP contribution >= 0.6 is 23.4 Å². The molecule has 3 rings (SSSR count). The van der Waals surface area contributed by atoms with Crippen molar-refractivity contribution in [2.45, 2.75) is 13.8 Å². The fourth-order valence-corrected chi connectivity index (χ4v) is 3.61. The molecule has 144 valence electrons. The summed E-state index contributed by atoms with van der Waals surface area (Å²) in [6.07, 6.45) is 1.69. The van der Waals surface area contributed by atoms with E-state index >= 15 is 0 Å². The molecule has 0 spiro atoms. The van der Waals surface area contributed by atoms with Crippen LogP contribution in [0.2, 0.25) is 5.02 Å². The summed E-state index contributed by atoms with van der Waals surface area (Å²) in [5, 5.41) is 12.2. The van der Waals surface area contributed by atoms with Gasteiger partial charge in [0.2, 0.25) is 0 Å². The Labute approximate surface area is 171 Å². The predicted octanol–water partition coefficient (Wildman–Crippen LogP) is 4.31. The second kappa shape index (κ2) is 8.50. The number of nitrogens with zero attached hydrogens (tertiary/aromatic N) is 1. The number of halogens is 1. The molecule has 0 aromatic heterocycles. The number of rotatable bonds is 5. The lowest BCUT2D eigenvalue weighted by Gasteiger charge is -2.06. The molecule has 1 heterocycles. The molecular formula is C20H17ClN2O4S. The summed E-state index contributed by atoms with van der Waals surface area (Å²) in [6, 6.07) is 10.8. The summed E-state index contributed by atoms with van der Waals surface area (Å²) < 4.78 is 5.09. The van der Waals surface area contributed by atoms with Crippen LogP contribution < -0.4 is 10.1 Å². The van der Waals surface area contributed by atoms with Gasteiger partial charge >= 0.3 is 5.97 Å². The maximum absolute atomic E-state index is 12.2. The van der Waals surface area contributed by atoms with Gasteiger partial charge in [-0.15, -0.1) is 0 Å². The van der Waals surface area contributed by atoms with E-state index < -0.39 is 12.6 Å². The third-order valence-electron chi connectivity index (χ3n) is 3.83. The van der Waals surface area contributed by atoms with Gasteiger partial charge in [0.1, 0.15) is 5.75 Å². The third kappa shape index (κ3) is 4.94. The number of hydrogen-bond acceptors (Lipinski definition) is 5. The Balaban J connectivity index is 1.78. The molecule has 1 aliphatic rings. The molecule has 2 N–H and O–H groups in total. The van der Waals surface area contributed by atoms with E-state index in [2.05, 4.69) is 10.3 Å². The number of aliphatic carboxylic acids is 1. The van der Waals surface area contributed by atoms with E-state index in [9.17, 15) is 9.59 Å². The van der Waals surface area contributed by atoms with E-state index in [0.29, 0.717) is 15.6 Å². The Bertz CT molecular complexity index is 1020. The number of amidine groups is 1. The van der Waals surface area contributed by atoms with Crippen molar-refractivity contribution < 1.29 is 19.4 Å². The monoisotopic (exact) mass is 416 g/mol. The molecule has 2 aromatic carbocycles. The van der Waals surface area contributed by atoms with Crippen LogP contribution in [0.3, 0.4) is 0 Å². The highest BCUT2D eigenvalue weighted by molar-refractivity contribution is 8.18. The van der Waals surface area contributed by atoms with E-state index in [1.54, 1.807) is 24.3 Å². The van der Waals surface area contributed by atoms with Crippen LogP contribution in [0.25, 0.3) is 6.08 Å². The summed E-state index contributed by atoms with van der Waals surface area (Å²) >= 11 is 7.37. The Kier molecular flexibility index (Phi) is 6.06. The molecule has 0 radical (unpaired) electrons. The van der Waals surface area contributed by atoms with Gasteiger partial charge in [-0.05, 0) is 61.0 Å². The number of carbonyl (C=O) groups excluding carboxylic acids is 1. The van der Waals surface area contributed by atoms with Crippen molar-refractivity contribution in [2.75, 3.05) is 6.61 Å². The van der Waals surface area contributed by atoms with Crippen molar-refractivity contribution in [1.82, 2.24) is 5.32 Å². The smallest absolute Gasteiger partial charge is 0.341 e. The number of nitrogens with one attached hydrogen (secondary N) is 1. The Morgan fingerprint density at radius 1 is 1.29 bits per heavy atom. The molecule has 1 saturated heterocycles. The summed E-state index contributed by atoms with van der Waals surface area (Å²) in [5.41, 5.74) is 3.68. The van der Waals surface area contributed by atoms with Crippen LogP contribution in [0, 0.1) is 13.8 Å². The summed E-state index contributed by atoms with van der Waals surface area (Å²) in [4.78, 5) is 27.8. The van der Waals surface area contributed by atoms with Crippen molar-refractivity contribution >= 4 is 52.2 Å². The molecule has 8 heteroatoms. The Morgan fingerprint density at radius 3 is 2.75 bits per heavy atom. The van der Waals surface area contributed by atoms with Crippen LogP contribution in [-0.4, -0.2) is 28.8 Å². The number of carboxylic acids is 1. The largest absolute Gasteiger partial charge is 0.480 e. The van der Waals surface area contributed by atoms with Gasteiger partial charge in [-0.25, -0.2) is 9.79 Å². The van der Waals surface area contributed by atoms with Crippen LogP contribution in [0.15, 0.2) is 46.3 Å². The Hall–Kier alpha value is -2.77. The van der Waals surface area contributed by atoms with E-state index in [1.165, 1.54) is 11.8 Å². The number of carbonyl (C=O) groups is 2. The topological polar surface area (TPSA) is 88.0 Å². The molecule has 0 unspecified atom stereocenters. The van der Waals surface area contributed by atoms with Gasteiger partial charge < -0.3 is 15.2 Å². The van der Waals surface area contributed by atoms with Gasteiger partial charge in [-0.3, -0.25) is 4.79 Å². The van der Waals surface area contributed by atoms with E-state index in [1.807, 2.05) is 32.0 Å². The molecule has 1 amide bonds. The minimum Gasteiger partial charge on any atom is -0.480 e. The summed E-state index contributed by atoms with van der Waals surface area (Å²) in [6.45, 7) is 3.51. The van der Waals surface area contributed by atoms with Crippen LogP contribution in [0.5, 0.6) is 5.75 Å². The van der Waals surface area contributed by atoms with E-state index in [-0.39, 0.29) is 16.7 Å². The highest BCUT2D eigenvalue weighted by Gasteiger charge is 2.24. The maximum atomic E-state index is 12.2. The lowest BCUT2D eigenvalue weighted by molar-refractivity contribution is -0.139. The molecule has 1 fully saturated rings. The van der Waals surface area contributed by atoms with Crippen molar-refractivity contribution in [3.8, 4) is 5.75 Å². The van der Waals surface area contributed by atoms with Crippen molar-refractivity contribution in [3.05, 3.63) is 63.0 Å². The second-order valence-corrected chi connectivity index (χ2v) is 7.58. The van der Waals surface area contributed by atoms with Crippen molar-refractivity contribution in [3.63, 3.8) is 0 Å². The highest BCUT2D eigenvalue weighted by Crippen LogP contribution is 2.31. The lowest BCUT2D eigenvalue weighted by atomic mass is 10.1. The number of carboxylic acid groups (broad SMARTS) is 1.